The van der Waals surface area contributed by atoms with Gasteiger partial charge in [0.25, 0.3) is 0 Å². The zero-order valence-electron chi connectivity index (χ0n) is 35.8. The Balaban J connectivity index is 1.47. The average molecular weight is 771 g/mol. The van der Waals surface area contributed by atoms with Crippen LogP contribution < -0.4 is 30.6 Å². The summed E-state index contributed by atoms with van der Waals surface area (Å²) in [6.45, 7) is 13.7. The van der Waals surface area contributed by atoms with Crippen LogP contribution in [0, 0.1) is 41.5 Å². The fourth-order valence-corrected chi connectivity index (χ4v) is 10.4. The van der Waals surface area contributed by atoms with Crippen LogP contribution in [-0.4, -0.2) is 28.0 Å². The van der Waals surface area contributed by atoms with Crippen LogP contribution in [0.1, 0.15) is 44.5 Å². The van der Waals surface area contributed by atoms with E-state index >= 15 is 0 Å². The van der Waals surface area contributed by atoms with Crippen molar-refractivity contribution in [2.24, 2.45) is 0 Å². The molecule has 1 aliphatic carbocycles. The first-order chi connectivity index (χ1) is 28.6. The Morgan fingerprint density at radius 3 is 1.15 bits per heavy atom. The van der Waals surface area contributed by atoms with Gasteiger partial charge in [-0.1, -0.05) is 129 Å². The van der Waals surface area contributed by atoms with Gasteiger partial charge < -0.3 is 14.2 Å². The van der Waals surface area contributed by atoms with Crippen molar-refractivity contribution in [2.45, 2.75) is 54.4 Å². The molecule has 0 atom stereocenters. The van der Waals surface area contributed by atoms with Crippen LogP contribution >= 0.6 is 0 Å². The molecular weight excluding hydrogens is 719 g/mol. The summed E-state index contributed by atoms with van der Waals surface area (Å²) in [5, 5.41) is 5.28. The van der Waals surface area contributed by atoms with Gasteiger partial charge in [-0.2, -0.15) is 0 Å². The Kier molecular flexibility index (Phi) is 9.84. The second-order valence-electron chi connectivity index (χ2n) is 16.6. The van der Waals surface area contributed by atoms with Crippen molar-refractivity contribution in [1.29, 1.82) is 0 Å². The van der Waals surface area contributed by atoms with Gasteiger partial charge in [0, 0.05) is 0 Å². The van der Waals surface area contributed by atoms with Gasteiger partial charge in [0.2, 0.25) is 6.71 Å². The predicted molar refractivity (Wildman–Crippen MR) is 251 cm³/mol. The largest absolute Gasteiger partial charge is 0.497 e. The van der Waals surface area contributed by atoms with E-state index < -0.39 is 0 Å². The molecule has 0 N–H and O–H groups in total. The lowest BCUT2D eigenvalue weighted by Crippen LogP contribution is -2.57. The van der Waals surface area contributed by atoms with Crippen molar-refractivity contribution in [3.63, 3.8) is 0 Å². The first-order valence-corrected chi connectivity index (χ1v) is 20.7. The summed E-state index contributed by atoms with van der Waals surface area (Å²) >= 11 is 0. The quantitative estimate of drug-likeness (QED) is 0.108. The van der Waals surface area contributed by atoms with E-state index in [-0.39, 0.29) is 6.71 Å². The number of ether oxygens (including phenoxy) is 3. The van der Waals surface area contributed by atoms with Gasteiger partial charge in [-0.25, -0.2) is 0 Å². The van der Waals surface area contributed by atoms with Crippen LogP contribution in [0.2, 0.25) is 0 Å². The molecule has 0 amide bonds. The normalized spacial score (nSPS) is 12.0. The molecule has 4 heteroatoms. The fourth-order valence-electron chi connectivity index (χ4n) is 10.4. The molecule has 0 saturated heterocycles. The van der Waals surface area contributed by atoms with Crippen molar-refractivity contribution >= 4 is 44.6 Å². The van der Waals surface area contributed by atoms with Gasteiger partial charge in [0.1, 0.15) is 17.2 Å². The van der Waals surface area contributed by atoms with Crippen LogP contribution in [-0.2, 0) is 12.8 Å². The van der Waals surface area contributed by atoms with E-state index in [0.29, 0.717) is 0 Å². The number of hydrogen-bond donors (Lipinski definition) is 0. The van der Waals surface area contributed by atoms with Gasteiger partial charge in [-0.15, -0.1) is 0 Å². The van der Waals surface area contributed by atoms with E-state index in [2.05, 4.69) is 163 Å². The fraction of sp³-hybridized carbons (Fsp3) is 0.200. The minimum Gasteiger partial charge on any atom is -0.497 e. The predicted octanol–water partition coefficient (Wildman–Crippen LogP) is 11.5. The van der Waals surface area contributed by atoms with Crippen molar-refractivity contribution in [1.82, 2.24) is 0 Å². The molecule has 292 valence electrons. The Morgan fingerprint density at radius 1 is 0.390 bits per heavy atom. The molecular formula is C55H51BO3. The second-order valence-corrected chi connectivity index (χ2v) is 16.6. The first-order valence-electron chi connectivity index (χ1n) is 20.7. The third-order valence-electron chi connectivity index (χ3n) is 12.8. The number of rotatable bonds is 9. The highest BCUT2D eigenvalue weighted by Gasteiger charge is 2.34. The van der Waals surface area contributed by atoms with Crippen molar-refractivity contribution < 1.29 is 14.2 Å². The SMILES string of the molecule is COc1ccc(-c2cc(-c3ccc(OC)cc3)c3ccc4c(-c5ccc(OC)cc5)cc(B(c5c(C)cc(C)cc5C)c5c(C)cc(C)cc5C)c5c4c3c2CC5)cc1. The molecule has 0 saturated carbocycles. The third kappa shape index (κ3) is 6.56. The number of benzene rings is 8. The van der Waals surface area contributed by atoms with Crippen LogP contribution in [0.15, 0.2) is 121 Å². The molecule has 0 radical (unpaired) electrons. The molecule has 9 rings (SSSR count). The van der Waals surface area contributed by atoms with Crippen LogP contribution in [0.5, 0.6) is 17.2 Å². The smallest absolute Gasteiger partial charge is 0.242 e. The van der Waals surface area contributed by atoms with Crippen LogP contribution in [0.4, 0.5) is 0 Å². The number of aryl methyl sites for hydroxylation is 8. The van der Waals surface area contributed by atoms with Crippen molar-refractivity contribution in [3.05, 3.63) is 166 Å². The van der Waals surface area contributed by atoms with Crippen LogP contribution in [0.3, 0.4) is 0 Å². The zero-order chi connectivity index (χ0) is 41.1. The van der Waals surface area contributed by atoms with Gasteiger partial charge >= 0.3 is 0 Å². The summed E-state index contributed by atoms with van der Waals surface area (Å²) in [6, 6.07) is 45.0. The average Bonchev–Trinajstić information content (AvgIpc) is 3.24. The maximum Gasteiger partial charge on any atom is 0.242 e. The standard InChI is InChI=1S/C55H51BO3/c1-32-26-34(3)54(35(4)27-32)56(55-36(5)28-33(2)29-37(55)6)51-31-50(40-14-20-43(59-9)21-15-40)46-23-22-44-48(38-10-16-41(57-7)17-11-38)30-49(39-12-18-42(58-8)19-13-39)45-24-25-47(51)53(46)52(44)45/h10-23,26-31H,24-25H2,1-9H3. The molecule has 1 aliphatic rings. The molecule has 0 aromatic heterocycles. The Hall–Kier alpha value is -6.26. The Morgan fingerprint density at radius 2 is 0.746 bits per heavy atom. The summed E-state index contributed by atoms with van der Waals surface area (Å²) in [4.78, 5) is 0. The third-order valence-corrected chi connectivity index (χ3v) is 12.8. The number of methoxy groups -OCH3 is 3. The molecule has 0 heterocycles. The lowest BCUT2D eigenvalue weighted by molar-refractivity contribution is 0.415. The highest BCUT2D eigenvalue weighted by Crippen LogP contribution is 2.47. The second kappa shape index (κ2) is 15.2. The molecule has 0 bridgehead atoms. The Bertz CT molecular complexity index is 2820. The summed E-state index contributed by atoms with van der Waals surface area (Å²) in [5.74, 6) is 2.56. The van der Waals surface area contributed by atoms with Crippen LogP contribution in [0.25, 0.3) is 54.9 Å². The summed E-state index contributed by atoms with van der Waals surface area (Å²) in [7, 11) is 5.20. The molecule has 3 nitrogen and oxygen atoms in total. The lowest BCUT2D eigenvalue weighted by atomic mass is 9.33. The maximum atomic E-state index is 5.67. The summed E-state index contributed by atoms with van der Waals surface area (Å²) in [5.41, 5.74) is 22.3. The molecule has 0 unspecified atom stereocenters. The molecule has 59 heavy (non-hydrogen) atoms. The summed E-state index contributed by atoms with van der Waals surface area (Å²) in [6.07, 6.45) is 1.88. The van der Waals surface area contributed by atoms with Gasteiger partial charge in [0.15, 0.2) is 0 Å². The van der Waals surface area contributed by atoms with Crippen molar-refractivity contribution in [3.8, 4) is 50.6 Å². The highest BCUT2D eigenvalue weighted by molar-refractivity contribution is 6.97. The topological polar surface area (TPSA) is 27.7 Å². The molecule has 0 fully saturated rings. The molecule has 8 aromatic carbocycles. The monoisotopic (exact) mass is 770 g/mol. The molecule has 8 aromatic rings. The van der Waals surface area contributed by atoms with E-state index in [1.807, 2.05) is 0 Å². The maximum absolute atomic E-state index is 5.67. The molecule has 0 aliphatic heterocycles. The minimum atomic E-state index is 0.0373. The van der Waals surface area contributed by atoms with Crippen molar-refractivity contribution in [2.75, 3.05) is 21.3 Å². The van der Waals surface area contributed by atoms with Gasteiger partial charge in [0.05, 0.1) is 21.3 Å². The highest BCUT2D eigenvalue weighted by atomic mass is 16.5. The Labute approximate surface area is 349 Å². The van der Waals surface area contributed by atoms with Gasteiger partial charge in [-0.05, 0) is 163 Å². The minimum absolute atomic E-state index is 0.0373. The molecule has 0 spiro atoms. The summed E-state index contributed by atoms with van der Waals surface area (Å²) < 4.78 is 16.9. The van der Waals surface area contributed by atoms with E-state index in [4.69, 9.17) is 14.2 Å². The lowest BCUT2D eigenvalue weighted by Gasteiger charge is -2.31. The van der Waals surface area contributed by atoms with E-state index in [1.54, 1.807) is 21.3 Å². The first kappa shape index (κ1) is 38.3. The van der Waals surface area contributed by atoms with Gasteiger partial charge in [-0.3, -0.25) is 0 Å². The number of hydrogen-bond acceptors (Lipinski definition) is 3. The zero-order valence-corrected chi connectivity index (χ0v) is 35.8. The van der Waals surface area contributed by atoms with E-state index in [1.165, 1.54) is 116 Å². The van der Waals surface area contributed by atoms with E-state index in [0.717, 1.165) is 30.1 Å². The van der Waals surface area contributed by atoms with E-state index in [9.17, 15) is 0 Å².